The summed E-state index contributed by atoms with van der Waals surface area (Å²) in [6.45, 7) is 2.85. The summed E-state index contributed by atoms with van der Waals surface area (Å²) in [5.41, 5.74) is 8.17. The van der Waals surface area contributed by atoms with Gasteiger partial charge in [0.2, 0.25) is 0 Å². The van der Waals surface area contributed by atoms with Crippen molar-refractivity contribution < 1.29 is 4.74 Å². The molecule has 0 saturated carbocycles. The molecule has 1 aliphatic rings. The fourth-order valence-corrected chi connectivity index (χ4v) is 2.97. The number of nitrogens with zero attached hydrogens (tertiary/aromatic N) is 2. The van der Waals surface area contributed by atoms with Gasteiger partial charge in [-0.05, 0) is 36.6 Å². The summed E-state index contributed by atoms with van der Waals surface area (Å²) in [6.07, 6.45) is 1.14. The molecule has 1 atom stereocenters. The van der Waals surface area contributed by atoms with Crippen LogP contribution in [0.4, 0.5) is 11.4 Å². The molecule has 0 bridgehead atoms. The quantitative estimate of drug-likeness (QED) is 0.656. The average Bonchev–Trinajstić information content (AvgIpc) is 3.10. The van der Waals surface area contributed by atoms with Gasteiger partial charge in [-0.15, -0.1) is 0 Å². The normalized spacial score (nSPS) is 17.8. The molecule has 5 nitrogen and oxygen atoms in total. The summed E-state index contributed by atoms with van der Waals surface area (Å²) in [5.74, 6) is 1.78. The monoisotopic (exact) mass is 324 g/mol. The first-order valence-corrected chi connectivity index (χ1v) is 8.25. The van der Waals surface area contributed by atoms with Crippen molar-refractivity contribution in [2.24, 2.45) is 16.6 Å². The van der Waals surface area contributed by atoms with Gasteiger partial charge in [0.05, 0.1) is 7.11 Å². The van der Waals surface area contributed by atoms with Gasteiger partial charge in [0.1, 0.15) is 5.75 Å². The van der Waals surface area contributed by atoms with Gasteiger partial charge in [0.15, 0.2) is 5.96 Å². The van der Waals surface area contributed by atoms with E-state index in [1.807, 2.05) is 30.3 Å². The number of methoxy groups -OCH3 is 1. The van der Waals surface area contributed by atoms with E-state index in [9.17, 15) is 0 Å². The van der Waals surface area contributed by atoms with E-state index in [1.165, 1.54) is 5.69 Å². The molecule has 5 heteroatoms. The van der Waals surface area contributed by atoms with Crippen molar-refractivity contribution >= 4 is 17.3 Å². The molecule has 0 spiro atoms. The Kier molecular flexibility index (Phi) is 5.21. The second kappa shape index (κ2) is 7.73. The van der Waals surface area contributed by atoms with Crippen LogP contribution in [0.5, 0.6) is 5.75 Å². The summed E-state index contributed by atoms with van der Waals surface area (Å²) in [5, 5.41) is 3.12. The highest BCUT2D eigenvalue weighted by atomic mass is 16.5. The number of benzene rings is 2. The van der Waals surface area contributed by atoms with Gasteiger partial charge < -0.3 is 20.7 Å². The van der Waals surface area contributed by atoms with Gasteiger partial charge in [-0.2, -0.15) is 0 Å². The van der Waals surface area contributed by atoms with E-state index in [4.69, 9.17) is 10.5 Å². The minimum Gasteiger partial charge on any atom is -0.497 e. The maximum Gasteiger partial charge on any atom is 0.193 e. The summed E-state index contributed by atoms with van der Waals surface area (Å²) in [4.78, 5) is 6.91. The van der Waals surface area contributed by atoms with Crippen molar-refractivity contribution in [3.05, 3.63) is 54.6 Å². The van der Waals surface area contributed by atoms with Gasteiger partial charge in [0, 0.05) is 37.1 Å². The lowest BCUT2D eigenvalue weighted by Gasteiger charge is -2.18. The molecule has 1 aliphatic heterocycles. The molecule has 2 aromatic rings. The van der Waals surface area contributed by atoms with Crippen LogP contribution in [0.1, 0.15) is 6.42 Å². The summed E-state index contributed by atoms with van der Waals surface area (Å²) in [7, 11) is 1.65. The molecule has 0 aromatic heterocycles. The SMILES string of the molecule is COc1cccc(NC(N)=NCC2CCN(c3ccccc3)C2)c1. The van der Waals surface area contributed by atoms with E-state index < -0.39 is 0 Å². The number of para-hydroxylation sites is 1. The minimum atomic E-state index is 0.446. The minimum absolute atomic E-state index is 0.446. The van der Waals surface area contributed by atoms with Crippen LogP contribution in [0.2, 0.25) is 0 Å². The van der Waals surface area contributed by atoms with Gasteiger partial charge >= 0.3 is 0 Å². The number of hydrogen-bond donors (Lipinski definition) is 2. The van der Waals surface area contributed by atoms with Gasteiger partial charge in [0.25, 0.3) is 0 Å². The molecule has 0 amide bonds. The number of anilines is 2. The number of ether oxygens (including phenoxy) is 1. The predicted molar refractivity (Wildman–Crippen MR) is 99.9 cm³/mol. The third-order valence-corrected chi connectivity index (χ3v) is 4.27. The van der Waals surface area contributed by atoms with Crippen molar-refractivity contribution in [2.75, 3.05) is 37.0 Å². The Bertz CT molecular complexity index is 687. The maximum atomic E-state index is 6.01. The Morgan fingerprint density at radius 2 is 2.08 bits per heavy atom. The third-order valence-electron chi connectivity index (χ3n) is 4.27. The van der Waals surface area contributed by atoms with Crippen LogP contribution < -0.4 is 20.7 Å². The second-order valence-electron chi connectivity index (χ2n) is 6.02. The third kappa shape index (κ3) is 4.19. The lowest BCUT2D eigenvalue weighted by molar-refractivity contribution is 0.415. The fourth-order valence-electron chi connectivity index (χ4n) is 2.97. The smallest absolute Gasteiger partial charge is 0.193 e. The highest BCUT2D eigenvalue weighted by Gasteiger charge is 2.22. The number of hydrogen-bond acceptors (Lipinski definition) is 3. The van der Waals surface area contributed by atoms with E-state index in [0.717, 1.165) is 37.5 Å². The molecule has 2 aromatic carbocycles. The molecule has 24 heavy (non-hydrogen) atoms. The van der Waals surface area contributed by atoms with Crippen LogP contribution in [0, 0.1) is 5.92 Å². The molecular formula is C19H24N4O. The Morgan fingerprint density at radius 1 is 1.25 bits per heavy atom. The molecule has 1 unspecified atom stereocenters. The first kappa shape index (κ1) is 16.2. The summed E-state index contributed by atoms with van der Waals surface area (Å²) < 4.78 is 5.21. The molecule has 1 saturated heterocycles. The van der Waals surface area contributed by atoms with Crippen LogP contribution in [-0.2, 0) is 0 Å². The zero-order valence-corrected chi connectivity index (χ0v) is 14.0. The summed E-state index contributed by atoms with van der Waals surface area (Å²) >= 11 is 0. The van der Waals surface area contributed by atoms with Crippen LogP contribution in [-0.4, -0.2) is 32.7 Å². The second-order valence-corrected chi connectivity index (χ2v) is 6.02. The number of nitrogens with two attached hydrogens (primary N) is 1. The molecule has 0 aliphatic carbocycles. The van der Waals surface area contributed by atoms with Crippen molar-refractivity contribution in [3.8, 4) is 5.75 Å². The fraction of sp³-hybridized carbons (Fsp3) is 0.316. The van der Waals surface area contributed by atoms with Crippen molar-refractivity contribution in [3.63, 3.8) is 0 Å². The molecule has 3 N–H and O–H groups in total. The molecule has 1 heterocycles. The van der Waals surface area contributed by atoms with Crippen LogP contribution in [0.15, 0.2) is 59.6 Å². The van der Waals surface area contributed by atoms with E-state index in [0.29, 0.717) is 11.9 Å². The highest BCUT2D eigenvalue weighted by Crippen LogP contribution is 2.23. The number of guanidine groups is 1. The Hall–Kier alpha value is -2.69. The molecule has 0 radical (unpaired) electrons. The molecule has 1 fully saturated rings. The molecule has 3 rings (SSSR count). The zero-order chi connectivity index (χ0) is 16.8. The van der Waals surface area contributed by atoms with E-state index in [1.54, 1.807) is 7.11 Å². The van der Waals surface area contributed by atoms with Crippen molar-refractivity contribution in [1.29, 1.82) is 0 Å². The van der Waals surface area contributed by atoms with Crippen LogP contribution >= 0.6 is 0 Å². The largest absolute Gasteiger partial charge is 0.497 e. The first-order valence-electron chi connectivity index (χ1n) is 8.25. The van der Waals surface area contributed by atoms with E-state index in [2.05, 4.69) is 39.5 Å². The predicted octanol–water partition coefficient (Wildman–Crippen LogP) is 2.95. The Labute approximate surface area is 143 Å². The first-order chi connectivity index (χ1) is 11.7. The van der Waals surface area contributed by atoms with Gasteiger partial charge in [-0.3, -0.25) is 4.99 Å². The average molecular weight is 324 g/mol. The molecular weight excluding hydrogens is 300 g/mol. The van der Waals surface area contributed by atoms with Crippen LogP contribution in [0.3, 0.4) is 0 Å². The van der Waals surface area contributed by atoms with Gasteiger partial charge in [-0.1, -0.05) is 24.3 Å². The highest BCUT2D eigenvalue weighted by molar-refractivity contribution is 5.92. The number of nitrogens with one attached hydrogen (secondary N) is 1. The Morgan fingerprint density at radius 3 is 2.88 bits per heavy atom. The van der Waals surface area contributed by atoms with E-state index >= 15 is 0 Å². The summed E-state index contributed by atoms with van der Waals surface area (Å²) in [6, 6.07) is 18.2. The van der Waals surface area contributed by atoms with Crippen molar-refractivity contribution in [1.82, 2.24) is 0 Å². The number of aliphatic imine (C=N–C) groups is 1. The van der Waals surface area contributed by atoms with Crippen molar-refractivity contribution in [2.45, 2.75) is 6.42 Å². The standard InChI is InChI=1S/C19H24N4O/c1-24-18-9-5-6-16(12-18)22-19(20)21-13-15-10-11-23(14-15)17-7-3-2-4-8-17/h2-9,12,15H,10-11,13-14H2,1H3,(H3,20,21,22). The maximum absolute atomic E-state index is 6.01. The lowest BCUT2D eigenvalue weighted by atomic mass is 10.1. The zero-order valence-electron chi connectivity index (χ0n) is 14.0. The van der Waals surface area contributed by atoms with Crippen LogP contribution in [0.25, 0.3) is 0 Å². The lowest BCUT2D eigenvalue weighted by Crippen LogP contribution is -2.25. The molecule has 126 valence electrons. The van der Waals surface area contributed by atoms with Gasteiger partial charge in [-0.25, -0.2) is 0 Å². The van der Waals surface area contributed by atoms with E-state index in [-0.39, 0.29) is 0 Å². The Balaban J connectivity index is 1.52. The number of rotatable bonds is 5. The topological polar surface area (TPSA) is 62.9 Å².